The first-order valence-electron chi connectivity index (χ1n) is 6.46. The van der Waals surface area contributed by atoms with Gasteiger partial charge >= 0.3 is 0 Å². The molecule has 1 atom stereocenters. The third-order valence-corrected chi connectivity index (χ3v) is 2.89. The highest BCUT2D eigenvalue weighted by atomic mass is 16.5. The Hall–Kier alpha value is -2.01. The van der Waals surface area contributed by atoms with Crippen molar-refractivity contribution in [3.63, 3.8) is 0 Å². The summed E-state index contributed by atoms with van der Waals surface area (Å²) in [4.78, 5) is 11.7. The van der Waals surface area contributed by atoms with Crippen molar-refractivity contribution in [1.29, 1.82) is 0 Å². The molecule has 1 unspecified atom stereocenters. The number of benzene rings is 1. The molecule has 5 heteroatoms. The summed E-state index contributed by atoms with van der Waals surface area (Å²) in [6.07, 6.45) is 3.80. The van der Waals surface area contributed by atoms with Crippen molar-refractivity contribution >= 4 is 12.0 Å². The van der Waals surface area contributed by atoms with Crippen LogP contribution in [0.4, 0.5) is 0 Å². The fraction of sp³-hybridized carbons (Fsp3) is 0.400. The van der Waals surface area contributed by atoms with Gasteiger partial charge in [-0.05, 0) is 30.2 Å². The lowest BCUT2D eigenvalue weighted by atomic mass is 10.2. The lowest BCUT2D eigenvalue weighted by Crippen LogP contribution is -2.35. The van der Waals surface area contributed by atoms with E-state index in [-0.39, 0.29) is 18.6 Å². The van der Waals surface area contributed by atoms with Gasteiger partial charge < -0.3 is 19.9 Å². The highest BCUT2D eigenvalue weighted by molar-refractivity contribution is 5.92. The summed E-state index contributed by atoms with van der Waals surface area (Å²) in [5, 5.41) is 11.7. The lowest BCUT2D eigenvalue weighted by molar-refractivity contribution is -0.117. The number of methoxy groups -OCH3 is 2. The fourth-order valence-corrected chi connectivity index (χ4v) is 1.65. The molecule has 1 aromatic carbocycles. The molecular weight excluding hydrogens is 258 g/mol. The number of nitrogens with one attached hydrogen (secondary N) is 1. The van der Waals surface area contributed by atoms with Gasteiger partial charge in [-0.1, -0.05) is 13.0 Å². The Labute approximate surface area is 119 Å². The standard InChI is InChI=1S/C15H21NO4/c1-4-12(10-17)16-15(18)8-6-11-5-7-13(19-2)14(9-11)20-3/h5-9,12,17H,4,10H2,1-3H3,(H,16,18)/b8-6+. The van der Waals surface area contributed by atoms with E-state index in [0.717, 1.165) is 5.56 Å². The number of amides is 1. The highest BCUT2D eigenvalue weighted by Crippen LogP contribution is 2.27. The van der Waals surface area contributed by atoms with E-state index in [4.69, 9.17) is 14.6 Å². The Bertz CT molecular complexity index is 467. The SMILES string of the molecule is CCC(CO)NC(=O)/C=C/c1ccc(OC)c(OC)c1. The van der Waals surface area contributed by atoms with E-state index in [1.165, 1.54) is 6.08 Å². The number of rotatable bonds is 7. The molecule has 20 heavy (non-hydrogen) atoms. The van der Waals surface area contributed by atoms with Gasteiger partial charge in [0.25, 0.3) is 0 Å². The van der Waals surface area contributed by atoms with E-state index in [2.05, 4.69) is 5.32 Å². The lowest BCUT2D eigenvalue weighted by Gasteiger charge is -2.11. The minimum absolute atomic E-state index is 0.0631. The van der Waals surface area contributed by atoms with Crippen LogP contribution in [-0.4, -0.2) is 37.9 Å². The first-order chi connectivity index (χ1) is 9.64. The molecule has 0 saturated carbocycles. The normalized spacial score (nSPS) is 12.2. The fourth-order valence-electron chi connectivity index (χ4n) is 1.65. The van der Waals surface area contributed by atoms with E-state index in [9.17, 15) is 4.79 Å². The van der Waals surface area contributed by atoms with Gasteiger partial charge in [-0.25, -0.2) is 0 Å². The van der Waals surface area contributed by atoms with E-state index >= 15 is 0 Å². The Balaban J connectivity index is 2.72. The smallest absolute Gasteiger partial charge is 0.244 e. The number of aliphatic hydroxyl groups excluding tert-OH is 1. The second-order valence-electron chi connectivity index (χ2n) is 4.24. The molecule has 2 N–H and O–H groups in total. The van der Waals surface area contributed by atoms with E-state index in [0.29, 0.717) is 17.9 Å². The molecule has 1 aromatic rings. The summed E-state index contributed by atoms with van der Waals surface area (Å²) in [6.45, 7) is 1.84. The molecule has 5 nitrogen and oxygen atoms in total. The zero-order valence-corrected chi connectivity index (χ0v) is 12.1. The molecule has 0 aliphatic carbocycles. The largest absolute Gasteiger partial charge is 0.493 e. The van der Waals surface area contributed by atoms with Crippen LogP contribution in [0.15, 0.2) is 24.3 Å². The van der Waals surface area contributed by atoms with Gasteiger partial charge in [-0.15, -0.1) is 0 Å². The van der Waals surface area contributed by atoms with Gasteiger partial charge in [0.2, 0.25) is 5.91 Å². The summed E-state index contributed by atoms with van der Waals surface area (Å²) in [6, 6.07) is 5.18. The first kappa shape index (κ1) is 16.0. The summed E-state index contributed by atoms with van der Waals surface area (Å²) in [7, 11) is 3.13. The number of hydrogen-bond donors (Lipinski definition) is 2. The zero-order valence-electron chi connectivity index (χ0n) is 12.1. The van der Waals surface area contributed by atoms with Crippen molar-refractivity contribution in [1.82, 2.24) is 5.32 Å². The molecule has 0 spiro atoms. The predicted molar refractivity (Wildman–Crippen MR) is 77.9 cm³/mol. The van der Waals surface area contributed by atoms with E-state index < -0.39 is 0 Å². The number of carbonyl (C=O) groups excluding carboxylic acids is 1. The maximum Gasteiger partial charge on any atom is 0.244 e. The van der Waals surface area contributed by atoms with Crippen LogP contribution < -0.4 is 14.8 Å². The van der Waals surface area contributed by atoms with Crippen LogP contribution in [0, 0.1) is 0 Å². The molecule has 0 bridgehead atoms. The van der Waals surface area contributed by atoms with Crippen LogP contribution in [0.5, 0.6) is 11.5 Å². The molecule has 0 aromatic heterocycles. The summed E-state index contributed by atoms with van der Waals surface area (Å²) < 4.78 is 10.3. The van der Waals surface area contributed by atoms with Gasteiger partial charge in [0.1, 0.15) is 0 Å². The molecule has 0 aliphatic rings. The third kappa shape index (κ3) is 4.59. The minimum atomic E-state index is -0.235. The molecule has 0 saturated heterocycles. The van der Waals surface area contributed by atoms with Gasteiger partial charge in [-0.2, -0.15) is 0 Å². The summed E-state index contributed by atoms with van der Waals surface area (Å²) >= 11 is 0. The monoisotopic (exact) mass is 279 g/mol. The van der Waals surface area contributed by atoms with Gasteiger partial charge in [0, 0.05) is 6.08 Å². The van der Waals surface area contributed by atoms with Crippen LogP contribution in [0.1, 0.15) is 18.9 Å². The van der Waals surface area contributed by atoms with Crippen LogP contribution >= 0.6 is 0 Å². The van der Waals surface area contributed by atoms with Crippen molar-refractivity contribution in [2.24, 2.45) is 0 Å². The first-order valence-corrected chi connectivity index (χ1v) is 6.46. The second-order valence-corrected chi connectivity index (χ2v) is 4.24. The molecule has 0 aliphatic heterocycles. The molecule has 110 valence electrons. The molecule has 1 amide bonds. The van der Waals surface area contributed by atoms with Crippen LogP contribution in [-0.2, 0) is 4.79 Å². The molecule has 0 radical (unpaired) electrons. The average molecular weight is 279 g/mol. The molecular formula is C15H21NO4. The van der Waals surface area contributed by atoms with Crippen molar-refractivity contribution in [2.75, 3.05) is 20.8 Å². The Kier molecular flexibility index (Phi) is 6.59. The predicted octanol–water partition coefficient (Wildman–Crippen LogP) is 1.60. The van der Waals surface area contributed by atoms with Crippen molar-refractivity contribution in [2.45, 2.75) is 19.4 Å². The van der Waals surface area contributed by atoms with Crippen molar-refractivity contribution in [3.8, 4) is 11.5 Å². The summed E-state index contributed by atoms with van der Waals surface area (Å²) in [5.41, 5.74) is 0.829. The minimum Gasteiger partial charge on any atom is -0.493 e. The maximum atomic E-state index is 11.7. The van der Waals surface area contributed by atoms with Crippen molar-refractivity contribution in [3.05, 3.63) is 29.8 Å². The molecule has 1 rings (SSSR count). The van der Waals surface area contributed by atoms with Crippen LogP contribution in [0.3, 0.4) is 0 Å². The van der Waals surface area contributed by atoms with Crippen LogP contribution in [0.25, 0.3) is 6.08 Å². The quantitative estimate of drug-likeness (QED) is 0.744. The Morgan fingerprint density at radius 3 is 2.60 bits per heavy atom. The average Bonchev–Trinajstić information content (AvgIpc) is 2.50. The summed E-state index contributed by atoms with van der Waals surface area (Å²) in [5.74, 6) is 1.01. The van der Waals surface area contributed by atoms with Gasteiger partial charge in [0.05, 0.1) is 26.9 Å². The highest BCUT2D eigenvalue weighted by Gasteiger charge is 2.06. The molecule has 0 heterocycles. The van der Waals surface area contributed by atoms with E-state index in [1.807, 2.05) is 13.0 Å². The topological polar surface area (TPSA) is 67.8 Å². The number of ether oxygens (including phenoxy) is 2. The maximum absolute atomic E-state index is 11.7. The Morgan fingerprint density at radius 2 is 2.05 bits per heavy atom. The third-order valence-electron chi connectivity index (χ3n) is 2.89. The van der Waals surface area contributed by atoms with Gasteiger partial charge in [0.15, 0.2) is 11.5 Å². The zero-order chi connectivity index (χ0) is 15.0. The van der Waals surface area contributed by atoms with E-state index in [1.54, 1.807) is 32.4 Å². The van der Waals surface area contributed by atoms with Gasteiger partial charge in [-0.3, -0.25) is 4.79 Å². The second kappa shape index (κ2) is 8.22. The van der Waals surface area contributed by atoms with Crippen LogP contribution in [0.2, 0.25) is 0 Å². The molecule has 0 fully saturated rings. The number of carbonyl (C=O) groups is 1. The Morgan fingerprint density at radius 1 is 1.35 bits per heavy atom. The number of hydrogen-bond acceptors (Lipinski definition) is 4. The number of aliphatic hydroxyl groups is 1. The van der Waals surface area contributed by atoms with Crippen molar-refractivity contribution < 1.29 is 19.4 Å².